The number of nitrogens with one attached hydrogen (secondary N) is 1. The van der Waals surface area contributed by atoms with E-state index in [-0.39, 0.29) is 5.82 Å². The molecule has 1 nitrogen and oxygen atoms in total. The summed E-state index contributed by atoms with van der Waals surface area (Å²) in [5, 5.41) is 3.81. The second-order valence-electron chi connectivity index (χ2n) is 4.27. The Bertz CT molecular complexity index is 317. The highest BCUT2D eigenvalue weighted by Crippen LogP contribution is 2.25. The van der Waals surface area contributed by atoms with Gasteiger partial charge in [-0.05, 0) is 25.1 Å². The Balaban J connectivity index is 2.21. The summed E-state index contributed by atoms with van der Waals surface area (Å²) in [6, 6.07) is 6.97. The summed E-state index contributed by atoms with van der Waals surface area (Å²) in [4.78, 5) is 0.746. The van der Waals surface area contributed by atoms with Crippen LogP contribution in [0.15, 0.2) is 29.2 Å². The summed E-state index contributed by atoms with van der Waals surface area (Å²) in [6.45, 7) is 6.33. The van der Waals surface area contributed by atoms with Crippen LogP contribution in [0.5, 0.6) is 0 Å². The maximum Gasteiger partial charge on any atom is 0.136 e. The van der Waals surface area contributed by atoms with Crippen LogP contribution in [0.25, 0.3) is 0 Å². The van der Waals surface area contributed by atoms with Gasteiger partial charge in [0.15, 0.2) is 0 Å². The van der Waals surface area contributed by atoms with Crippen LogP contribution in [-0.2, 0) is 0 Å². The van der Waals surface area contributed by atoms with Crippen molar-refractivity contribution in [3.05, 3.63) is 30.1 Å². The topological polar surface area (TPSA) is 12.0 Å². The van der Waals surface area contributed by atoms with Gasteiger partial charge in [-0.15, -0.1) is 11.8 Å². The zero-order chi connectivity index (χ0) is 12.5. The van der Waals surface area contributed by atoms with Crippen molar-refractivity contribution in [2.24, 2.45) is 0 Å². The van der Waals surface area contributed by atoms with Gasteiger partial charge in [-0.3, -0.25) is 0 Å². The number of hydrogen-bond acceptors (Lipinski definition) is 2. The fourth-order valence-electron chi connectivity index (χ4n) is 1.60. The van der Waals surface area contributed by atoms with Gasteiger partial charge in [-0.25, -0.2) is 4.39 Å². The van der Waals surface area contributed by atoms with Gasteiger partial charge in [0.05, 0.1) is 0 Å². The van der Waals surface area contributed by atoms with Gasteiger partial charge < -0.3 is 5.32 Å². The van der Waals surface area contributed by atoms with Gasteiger partial charge >= 0.3 is 0 Å². The SMILES string of the molecule is CCCCCNCC(C)Sc1ccccc1F. The second kappa shape index (κ2) is 8.54. The van der Waals surface area contributed by atoms with Crippen LogP contribution in [0.4, 0.5) is 4.39 Å². The van der Waals surface area contributed by atoms with Crippen molar-refractivity contribution in [3.63, 3.8) is 0 Å². The number of unbranched alkanes of at least 4 members (excludes halogenated alkanes) is 2. The predicted octanol–water partition coefficient (Wildman–Crippen LogP) is 4.09. The molecule has 0 bridgehead atoms. The molecule has 0 aliphatic rings. The van der Waals surface area contributed by atoms with Gasteiger partial charge in [-0.2, -0.15) is 0 Å². The molecule has 0 spiro atoms. The Kier molecular flexibility index (Phi) is 7.29. The van der Waals surface area contributed by atoms with E-state index in [4.69, 9.17) is 0 Å². The van der Waals surface area contributed by atoms with E-state index in [1.54, 1.807) is 17.8 Å². The van der Waals surface area contributed by atoms with Crippen molar-refractivity contribution in [2.45, 2.75) is 43.3 Å². The summed E-state index contributed by atoms with van der Waals surface area (Å²) in [7, 11) is 0. The Morgan fingerprint density at radius 1 is 1.29 bits per heavy atom. The van der Waals surface area contributed by atoms with E-state index in [9.17, 15) is 4.39 Å². The standard InChI is InChI=1S/C14H22FNS/c1-3-4-7-10-16-11-12(2)17-14-9-6-5-8-13(14)15/h5-6,8-9,12,16H,3-4,7,10-11H2,1-2H3. The maximum absolute atomic E-state index is 13.4. The third-order valence-corrected chi connectivity index (χ3v) is 3.71. The van der Waals surface area contributed by atoms with E-state index in [1.165, 1.54) is 25.3 Å². The molecule has 0 radical (unpaired) electrons. The van der Waals surface area contributed by atoms with Crippen LogP contribution < -0.4 is 5.32 Å². The largest absolute Gasteiger partial charge is 0.316 e. The van der Waals surface area contributed by atoms with Crippen molar-refractivity contribution < 1.29 is 4.39 Å². The molecule has 0 aliphatic heterocycles. The predicted molar refractivity (Wildman–Crippen MR) is 74.1 cm³/mol. The molecule has 96 valence electrons. The van der Waals surface area contributed by atoms with Crippen LogP contribution in [0, 0.1) is 5.82 Å². The smallest absolute Gasteiger partial charge is 0.136 e. The lowest BCUT2D eigenvalue weighted by Gasteiger charge is -2.12. The first-order valence-electron chi connectivity index (χ1n) is 6.36. The van der Waals surface area contributed by atoms with E-state index >= 15 is 0 Å². The van der Waals surface area contributed by atoms with E-state index in [0.717, 1.165) is 18.0 Å². The Morgan fingerprint density at radius 2 is 2.06 bits per heavy atom. The normalized spacial score (nSPS) is 12.6. The van der Waals surface area contributed by atoms with Gasteiger partial charge in [0.25, 0.3) is 0 Å². The van der Waals surface area contributed by atoms with Gasteiger partial charge in [0.1, 0.15) is 5.82 Å². The van der Waals surface area contributed by atoms with Crippen molar-refractivity contribution in [1.29, 1.82) is 0 Å². The first-order valence-corrected chi connectivity index (χ1v) is 7.24. The summed E-state index contributed by atoms with van der Waals surface area (Å²) in [5.74, 6) is -0.115. The van der Waals surface area contributed by atoms with E-state index in [2.05, 4.69) is 19.2 Å². The number of thioether (sulfide) groups is 1. The number of rotatable bonds is 8. The molecule has 0 saturated heterocycles. The average molecular weight is 255 g/mol. The Morgan fingerprint density at radius 3 is 2.76 bits per heavy atom. The molecule has 0 saturated carbocycles. The molecule has 1 N–H and O–H groups in total. The summed E-state index contributed by atoms with van der Waals surface area (Å²) in [6.07, 6.45) is 3.76. The quantitative estimate of drug-likeness (QED) is 0.555. The monoisotopic (exact) mass is 255 g/mol. The first kappa shape index (κ1) is 14.5. The molecular formula is C14H22FNS. The van der Waals surface area contributed by atoms with E-state index in [1.807, 2.05) is 12.1 Å². The number of hydrogen-bond donors (Lipinski definition) is 1. The van der Waals surface area contributed by atoms with Gasteiger partial charge in [-0.1, -0.05) is 38.8 Å². The van der Waals surface area contributed by atoms with Crippen molar-refractivity contribution in [1.82, 2.24) is 5.32 Å². The van der Waals surface area contributed by atoms with Crippen LogP contribution >= 0.6 is 11.8 Å². The molecule has 1 aromatic carbocycles. The lowest BCUT2D eigenvalue weighted by molar-refractivity contribution is 0.598. The number of halogens is 1. The molecule has 3 heteroatoms. The van der Waals surface area contributed by atoms with Gasteiger partial charge in [0.2, 0.25) is 0 Å². The summed E-state index contributed by atoms with van der Waals surface area (Å²) in [5.41, 5.74) is 0. The Hall–Kier alpha value is -0.540. The molecule has 0 fully saturated rings. The second-order valence-corrected chi connectivity index (χ2v) is 5.75. The molecule has 1 atom stereocenters. The highest BCUT2D eigenvalue weighted by atomic mass is 32.2. The molecule has 1 rings (SSSR count). The fraction of sp³-hybridized carbons (Fsp3) is 0.571. The minimum absolute atomic E-state index is 0.115. The van der Waals surface area contributed by atoms with Crippen molar-refractivity contribution >= 4 is 11.8 Å². The minimum Gasteiger partial charge on any atom is -0.316 e. The van der Waals surface area contributed by atoms with Crippen molar-refractivity contribution in [2.75, 3.05) is 13.1 Å². The average Bonchev–Trinajstić information content (AvgIpc) is 2.32. The molecule has 0 aromatic heterocycles. The highest BCUT2D eigenvalue weighted by Gasteiger charge is 2.07. The van der Waals surface area contributed by atoms with Crippen LogP contribution in [0.1, 0.15) is 33.1 Å². The third kappa shape index (κ3) is 6.08. The summed E-state index contributed by atoms with van der Waals surface area (Å²) >= 11 is 1.60. The lowest BCUT2D eigenvalue weighted by Crippen LogP contribution is -2.23. The van der Waals surface area contributed by atoms with Crippen LogP contribution in [-0.4, -0.2) is 18.3 Å². The lowest BCUT2D eigenvalue weighted by atomic mass is 10.2. The zero-order valence-electron chi connectivity index (χ0n) is 10.7. The highest BCUT2D eigenvalue weighted by molar-refractivity contribution is 8.00. The molecule has 0 amide bonds. The molecular weight excluding hydrogens is 233 g/mol. The molecule has 1 aromatic rings. The fourth-order valence-corrected chi connectivity index (χ4v) is 2.58. The van der Waals surface area contributed by atoms with Gasteiger partial charge in [0, 0.05) is 16.7 Å². The molecule has 17 heavy (non-hydrogen) atoms. The van der Waals surface area contributed by atoms with Crippen molar-refractivity contribution in [3.8, 4) is 0 Å². The molecule has 1 unspecified atom stereocenters. The van der Waals surface area contributed by atoms with E-state index < -0.39 is 0 Å². The molecule has 0 heterocycles. The maximum atomic E-state index is 13.4. The third-order valence-electron chi connectivity index (χ3n) is 2.55. The number of benzene rings is 1. The zero-order valence-corrected chi connectivity index (χ0v) is 11.5. The Labute approximate surface area is 108 Å². The summed E-state index contributed by atoms with van der Waals surface area (Å²) < 4.78 is 13.4. The van der Waals surface area contributed by atoms with Crippen LogP contribution in [0.3, 0.4) is 0 Å². The van der Waals surface area contributed by atoms with E-state index in [0.29, 0.717) is 5.25 Å². The minimum atomic E-state index is -0.115. The first-order chi connectivity index (χ1) is 8.24. The molecule has 0 aliphatic carbocycles. The van der Waals surface area contributed by atoms with Crippen LogP contribution in [0.2, 0.25) is 0 Å².